The summed E-state index contributed by atoms with van der Waals surface area (Å²) in [6.45, 7) is 4.96. The minimum atomic E-state index is -0.674. The number of unbranched alkanes of at least 4 members (excludes halogenated alkanes) is 47. The summed E-state index contributed by atoms with van der Waals surface area (Å²) < 4.78 is 5.49. The monoisotopic (exact) mass is 1030 g/mol. The van der Waals surface area contributed by atoms with Gasteiger partial charge in [0.2, 0.25) is 5.91 Å². The topological polar surface area (TPSA) is 95.9 Å². The number of esters is 1. The summed E-state index contributed by atoms with van der Waals surface area (Å²) in [5.74, 6) is -0.0449. The van der Waals surface area contributed by atoms with Gasteiger partial charge < -0.3 is 20.3 Å². The second-order valence-electron chi connectivity index (χ2n) is 22.8. The molecule has 0 bridgehead atoms. The number of allylic oxidation sites excluding steroid dienone is 4. The van der Waals surface area contributed by atoms with Crippen molar-refractivity contribution in [1.29, 1.82) is 0 Å². The highest BCUT2D eigenvalue weighted by Crippen LogP contribution is 2.18. The summed E-state index contributed by atoms with van der Waals surface area (Å²) >= 11 is 0. The van der Waals surface area contributed by atoms with Gasteiger partial charge in [-0.25, -0.2) is 0 Å². The molecule has 1 amide bonds. The van der Waals surface area contributed by atoms with Gasteiger partial charge in [-0.1, -0.05) is 301 Å². The molecule has 0 spiro atoms. The van der Waals surface area contributed by atoms with Crippen LogP contribution >= 0.6 is 0 Å². The Morgan fingerprint density at radius 2 is 0.644 bits per heavy atom. The highest BCUT2D eigenvalue weighted by Gasteiger charge is 2.20. The number of aliphatic hydroxyl groups is 2. The third-order valence-corrected chi connectivity index (χ3v) is 15.5. The highest BCUT2D eigenvalue weighted by atomic mass is 16.5. The zero-order valence-electron chi connectivity index (χ0n) is 49.4. The first kappa shape index (κ1) is 71.3. The lowest BCUT2D eigenvalue weighted by atomic mass is 10.0. The maximum Gasteiger partial charge on any atom is 0.305 e. The van der Waals surface area contributed by atoms with Gasteiger partial charge in [0.25, 0.3) is 0 Å². The first-order chi connectivity index (χ1) is 36.0. The molecule has 0 radical (unpaired) electrons. The molecule has 0 aromatic heterocycles. The molecule has 0 aromatic rings. The van der Waals surface area contributed by atoms with E-state index in [2.05, 4.69) is 43.5 Å². The lowest BCUT2D eigenvalue weighted by Crippen LogP contribution is -2.45. The van der Waals surface area contributed by atoms with Crippen LogP contribution in [0.15, 0.2) is 24.3 Å². The standard InChI is InChI=1S/C67H129NO5/c1-3-5-7-9-11-13-15-17-19-21-23-24-27-31-35-39-43-47-51-55-59-65(70)64(63-69)68-66(71)60-56-52-48-44-40-36-32-28-25-26-30-34-38-42-46-50-54-58-62-73-67(72)61-57-53-49-45-41-37-33-29-22-20-18-16-14-12-10-8-6-4-2/h20,22,28,32,64-65,69-70H,3-19,21,23-27,29-31,33-63H2,1-2H3,(H,68,71)/b22-20-,32-28-. The van der Waals surface area contributed by atoms with E-state index >= 15 is 0 Å². The van der Waals surface area contributed by atoms with Crippen LogP contribution < -0.4 is 5.32 Å². The third-order valence-electron chi connectivity index (χ3n) is 15.5. The molecule has 0 aliphatic rings. The van der Waals surface area contributed by atoms with Crippen molar-refractivity contribution < 1.29 is 24.5 Å². The molecular weight excluding hydrogens is 899 g/mol. The summed E-state index contributed by atoms with van der Waals surface area (Å²) in [6.07, 6.45) is 77.7. The minimum absolute atomic E-state index is 0.000957. The first-order valence-corrected chi connectivity index (χ1v) is 33.1. The van der Waals surface area contributed by atoms with Crippen LogP contribution in [-0.2, 0) is 14.3 Å². The van der Waals surface area contributed by atoms with Crippen LogP contribution in [0, 0.1) is 0 Å². The van der Waals surface area contributed by atoms with Crippen LogP contribution in [0.1, 0.15) is 367 Å². The van der Waals surface area contributed by atoms with Crippen LogP contribution in [0.5, 0.6) is 0 Å². The summed E-state index contributed by atoms with van der Waals surface area (Å²) in [6, 6.07) is -0.553. The predicted octanol–water partition coefficient (Wildman–Crippen LogP) is 21.0. The quantitative estimate of drug-likeness (QED) is 0.0320. The number of amides is 1. The average Bonchev–Trinajstić information content (AvgIpc) is 3.39. The van der Waals surface area contributed by atoms with Gasteiger partial charge in [-0.2, -0.15) is 0 Å². The van der Waals surface area contributed by atoms with Crippen molar-refractivity contribution in [1.82, 2.24) is 5.32 Å². The van der Waals surface area contributed by atoms with E-state index in [4.69, 9.17) is 4.74 Å². The van der Waals surface area contributed by atoms with E-state index in [1.165, 1.54) is 276 Å². The maximum absolute atomic E-state index is 12.5. The van der Waals surface area contributed by atoms with Crippen LogP contribution in [-0.4, -0.2) is 47.4 Å². The van der Waals surface area contributed by atoms with E-state index in [0.29, 0.717) is 25.9 Å². The average molecular weight is 1030 g/mol. The molecule has 0 saturated carbocycles. The molecule has 0 aromatic carbocycles. The largest absolute Gasteiger partial charge is 0.466 e. The second-order valence-corrected chi connectivity index (χ2v) is 22.8. The van der Waals surface area contributed by atoms with Crippen LogP contribution in [0.2, 0.25) is 0 Å². The SMILES string of the molecule is CCCCCCCCC/C=C\CCCCCCCCCC(=O)OCCCCCCCCCCC/C=C\CCCCCCCC(=O)NC(CO)C(O)CCCCCCCCCCCCCCCCCCCCCC. The fourth-order valence-corrected chi connectivity index (χ4v) is 10.4. The lowest BCUT2D eigenvalue weighted by molar-refractivity contribution is -0.143. The Balaban J connectivity index is 3.43. The number of rotatable bonds is 62. The van der Waals surface area contributed by atoms with Gasteiger partial charge in [0, 0.05) is 12.8 Å². The number of nitrogens with one attached hydrogen (secondary N) is 1. The molecule has 0 aliphatic heterocycles. The maximum atomic E-state index is 12.5. The van der Waals surface area contributed by atoms with Gasteiger partial charge in [-0.15, -0.1) is 0 Å². The first-order valence-electron chi connectivity index (χ1n) is 33.1. The van der Waals surface area contributed by atoms with E-state index < -0.39 is 12.1 Å². The van der Waals surface area contributed by atoms with Gasteiger partial charge in [0.15, 0.2) is 0 Å². The van der Waals surface area contributed by atoms with E-state index in [-0.39, 0.29) is 18.5 Å². The minimum Gasteiger partial charge on any atom is -0.466 e. The number of carbonyl (C=O) groups is 2. The van der Waals surface area contributed by atoms with E-state index in [0.717, 1.165) is 57.8 Å². The van der Waals surface area contributed by atoms with Crippen LogP contribution in [0.25, 0.3) is 0 Å². The van der Waals surface area contributed by atoms with Crippen molar-refractivity contribution in [2.45, 2.75) is 379 Å². The number of carbonyl (C=O) groups excluding carboxylic acids is 2. The van der Waals surface area contributed by atoms with E-state index in [1.54, 1.807) is 0 Å². The molecule has 432 valence electrons. The van der Waals surface area contributed by atoms with Gasteiger partial charge in [-0.3, -0.25) is 9.59 Å². The number of aliphatic hydroxyl groups excluding tert-OH is 2. The predicted molar refractivity (Wildman–Crippen MR) is 320 cm³/mol. The summed E-state index contributed by atoms with van der Waals surface area (Å²) in [7, 11) is 0. The highest BCUT2D eigenvalue weighted by molar-refractivity contribution is 5.76. The second kappa shape index (κ2) is 62.9. The Morgan fingerprint density at radius 1 is 0.370 bits per heavy atom. The Bertz CT molecular complexity index is 1140. The lowest BCUT2D eigenvalue weighted by Gasteiger charge is -2.22. The van der Waals surface area contributed by atoms with Crippen molar-refractivity contribution in [3.8, 4) is 0 Å². The van der Waals surface area contributed by atoms with Crippen molar-refractivity contribution >= 4 is 11.9 Å². The Hall–Kier alpha value is -1.66. The molecule has 0 saturated heterocycles. The molecule has 3 N–H and O–H groups in total. The zero-order chi connectivity index (χ0) is 52.9. The Morgan fingerprint density at radius 3 is 0.973 bits per heavy atom. The summed E-state index contributed by atoms with van der Waals surface area (Å²) in [5.41, 5.74) is 0. The molecular formula is C67H129NO5. The van der Waals surface area contributed by atoms with Crippen LogP contribution in [0.4, 0.5) is 0 Å². The van der Waals surface area contributed by atoms with Crippen molar-refractivity contribution in [2.24, 2.45) is 0 Å². The molecule has 0 aliphatic carbocycles. The molecule has 73 heavy (non-hydrogen) atoms. The van der Waals surface area contributed by atoms with E-state index in [9.17, 15) is 19.8 Å². The molecule has 2 unspecified atom stereocenters. The molecule has 0 heterocycles. The smallest absolute Gasteiger partial charge is 0.305 e. The molecule has 2 atom stereocenters. The number of hydrogen-bond donors (Lipinski definition) is 3. The van der Waals surface area contributed by atoms with Gasteiger partial charge in [0.1, 0.15) is 0 Å². The molecule has 6 nitrogen and oxygen atoms in total. The Kier molecular flexibility index (Phi) is 61.4. The molecule has 0 fully saturated rings. The Labute approximate surface area is 456 Å². The fourth-order valence-electron chi connectivity index (χ4n) is 10.4. The number of hydrogen-bond acceptors (Lipinski definition) is 5. The zero-order valence-corrected chi connectivity index (χ0v) is 49.4. The normalized spacial score (nSPS) is 12.7. The summed E-state index contributed by atoms with van der Waals surface area (Å²) in [4.78, 5) is 24.6. The summed E-state index contributed by atoms with van der Waals surface area (Å²) in [5, 5.41) is 23.4. The van der Waals surface area contributed by atoms with Gasteiger partial charge in [0.05, 0.1) is 25.4 Å². The van der Waals surface area contributed by atoms with Gasteiger partial charge in [-0.05, 0) is 77.0 Å². The van der Waals surface area contributed by atoms with Crippen molar-refractivity contribution in [2.75, 3.05) is 13.2 Å². The van der Waals surface area contributed by atoms with Gasteiger partial charge >= 0.3 is 5.97 Å². The third kappa shape index (κ3) is 59.4. The van der Waals surface area contributed by atoms with Crippen molar-refractivity contribution in [3.63, 3.8) is 0 Å². The number of ether oxygens (including phenoxy) is 1. The fraction of sp³-hybridized carbons (Fsp3) is 0.910. The van der Waals surface area contributed by atoms with E-state index in [1.807, 2.05) is 0 Å². The molecule has 0 rings (SSSR count). The van der Waals surface area contributed by atoms with Crippen LogP contribution in [0.3, 0.4) is 0 Å². The van der Waals surface area contributed by atoms with Crippen molar-refractivity contribution in [3.05, 3.63) is 24.3 Å². The molecule has 6 heteroatoms.